The second-order valence-corrected chi connectivity index (χ2v) is 6.10. The number of fused-ring (bicyclic) bond motifs is 1. The first-order valence-corrected chi connectivity index (χ1v) is 8.28. The summed E-state index contributed by atoms with van der Waals surface area (Å²) >= 11 is 0. The van der Waals surface area contributed by atoms with Crippen LogP contribution in [0.25, 0.3) is 0 Å². The Bertz CT molecular complexity index is 721. The number of carbonyl (C=O) groups excluding carboxylic acids is 2. The summed E-state index contributed by atoms with van der Waals surface area (Å²) in [4.78, 5) is 33.7. The molecule has 0 bridgehead atoms. The van der Waals surface area contributed by atoms with Crippen LogP contribution in [0.3, 0.4) is 0 Å². The number of benzene rings is 1. The van der Waals surface area contributed by atoms with Gasteiger partial charge in [-0.15, -0.1) is 0 Å². The van der Waals surface area contributed by atoms with Crippen LogP contribution in [0.1, 0.15) is 31.2 Å². The number of alkyl halides is 3. The van der Waals surface area contributed by atoms with E-state index in [2.05, 4.69) is 5.32 Å². The summed E-state index contributed by atoms with van der Waals surface area (Å²) in [6, 6.07) is 3.14. The zero-order valence-corrected chi connectivity index (χ0v) is 14.3. The third kappa shape index (κ3) is 6.80. The molecule has 0 saturated heterocycles. The van der Waals surface area contributed by atoms with Crippen LogP contribution in [0, 0.1) is 0 Å². The Morgan fingerprint density at radius 1 is 1.30 bits per heavy atom. The maximum absolute atomic E-state index is 12.3. The Kier molecular flexibility index (Phi) is 6.65. The van der Waals surface area contributed by atoms with Gasteiger partial charge in [0.2, 0.25) is 11.8 Å². The molecule has 0 radical (unpaired) electrons. The predicted octanol–water partition coefficient (Wildman–Crippen LogP) is 2.25. The van der Waals surface area contributed by atoms with Crippen molar-refractivity contribution >= 4 is 23.5 Å². The zero-order valence-electron chi connectivity index (χ0n) is 14.3. The molecule has 0 saturated carbocycles. The zero-order chi connectivity index (χ0) is 20.0. The molecule has 1 aliphatic heterocycles. The molecule has 0 spiro atoms. The molecule has 0 fully saturated rings. The molecule has 1 heterocycles. The topological polar surface area (TPSA) is 105 Å². The number of amides is 2. The number of rotatable bonds is 8. The first kappa shape index (κ1) is 20.5. The van der Waals surface area contributed by atoms with Crippen LogP contribution in [-0.4, -0.2) is 41.7 Å². The molecule has 148 valence electrons. The molecule has 0 aliphatic carbocycles. The quantitative estimate of drug-likeness (QED) is 0.593. The fraction of sp³-hybridized carbons (Fsp3) is 0.471. The maximum atomic E-state index is 12.3. The van der Waals surface area contributed by atoms with Crippen molar-refractivity contribution in [1.29, 1.82) is 0 Å². The van der Waals surface area contributed by atoms with Gasteiger partial charge in [-0.05, 0) is 36.6 Å². The number of halogens is 3. The van der Waals surface area contributed by atoms with E-state index in [0.29, 0.717) is 18.6 Å². The van der Waals surface area contributed by atoms with Gasteiger partial charge in [-0.1, -0.05) is 0 Å². The van der Waals surface area contributed by atoms with E-state index in [1.54, 1.807) is 18.2 Å². The largest absolute Gasteiger partial charge is 0.494 e. The number of carboxylic acids is 1. The van der Waals surface area contributed by atoms with Gasteiger partial charge in [0.15, 0.2) is 0 Å². The van der Waals surface area contributed by atoms with Gasteiger partial charge in [0.05, 0.1) is 13.0 Å². The number of hydrogen-bond acceptors (Lipinski definition) is 4. The highest BCUT2D eigenvalue weighted by Gasteiger charge is 2.36. The highest BCUT2D eigenvalue weighted by molar-refractivity contribution is 5.94. The normalized spacial score (nSPS) is 14.7. The fourth-order valence-corrected chi connectivity index (χ4v) is 2.57. The van der Waals surface area contributed by atoms with Crippen molar-refractivity contribution in [2.75, 3.05) is 11.9 Å². The molecule has 1 aromatic rings. The van der Waals surface area contributed by atoms with Crippen LogP contribution in [0.2, 0.25) is 0 Å². The Morgan fingerprint density at radius 3 is 2.70 bits per heavy atom. The van der Waals surface area contributed by atoms with Crippen molar-refractivity contribution in [3.63, 3.8) is 0 Å². The standard InChI is InChI=1S/C17H19F3N2O5/c18-17(19,20)9-13(16(25)26)22-14(23)2-1-7-27-11-4-5-12-10(8-11)3-6-15(24)21-12/h4-5,8,13H,1-3,6-7,9H2,(H,21,24)(H,22,23)(H,25,26). The number of carboxylic acid groups (broad SMARTS) is 1. The van der Waals surface area contributed by atoms with E-state index in [1.807, 2.05) is 5.32 Å². The third-order valence-electron chi connectivity index (χ3n) is 3.86. The SMILES string of the molecule is O=C1CCc2cc(OCCCC(=O)NC(CC(F)(F)F)C(=O)O)ccc2N1. The minimum atomic E-state index is -4.69. The van der Waals surface area contributed by atoms with E-state index < -0.39 is 30.5 Å². The third-order valence-corrected chi connectivity index (χ3v) is 3.86. The second kappa shape index (κ2) is 8.74. The van der Waals surface area contributed by atoms with Gasteiger partial charge in [0, 0.05) is 18.5 Å². The monoisotopic (exact) mass is 388 g/mol. The summed E-state index contributed by atoms with van der Waals surface area (Å²) in [6.07, 6.45) is -5.29. The number of nitrogens with one attached hydrogen (secondary N) is 2. The van der Waals surface area contributed by atoms with Gasteiger partial charge >= 0.3 is 12.1 Å². The predicted molar refractivity (Wildman–Crippen MR) is 88.4 cm³/mol. The lowest BCUT2D eigenvalue weighted by Gasteiger charge is -2.18. The maximum Gasteiger partial charge on any atom is 0.391 e. The van der Waals surface area contributed by atoms with E-state index in [9.17, 15) is 27.6 Å². The molecule has 0 aromatic heterocycles. The van der Waals surface area contributed by atoms with Gasteiger partial charge in [0.25, 0.3) is 0 Å². The second-order valence-electron chi connectivity index (χ2n) is 6.10. The van der Waals surface area contributed by atoms with Crippen LogP contribution in [0.5, 0.6) is 5.75 Å². The molecular weight excluding hydrogens is 369 g/mol. The number of carbonyl (C=O) groups is 3. The van der Waals surface area contributed by atoms with Gasteiger partial charge in [-0.2, -0.15) is 13.2 Å². The summed E-state index contributed by atoms with van der Waals surface area (Å²) in [5, 5.41) is 13.4. The Hall–Kier alpha value is -2.78. The van der Waals surface area contributed by atoms with Crippen molar-refractivity contribution < 1.29 is 37.4 Å². The molecule has 2 rings (SSSR count). The molecule has 1 unspecified atom stereocenters. The molecule has 1 aliphatic rings. The lowest BCUT2D eigenvalue weighted by atomic mass is 10.0. The number of anilines is 1. The van der Waals surface area contributed by atoms with Crippen LogP contribution in [-0.2, 0) is 20.8 Å². The van der Waals surface area contributed by atoms with Crippen LogP contribution in [0.4, 0.5) is 18.9 Å². The summed E-state index contributed by atoms with van der Waals surface area (Å²) in [6.45, 7) is 0.134. The lowest BCUT2D eigenvalue weighted by Crippen LogP contribution is -2.43. The van der Waals surface area contributed by atoms with Crippen molar-refractivity contribution in [3.8, 4) is 5.75 Å². The Morgan fingerprint density at radius 2 is 2.04 bits per heavy atom. The summed E-state index contributed by atoms with van der Waals surface area (Å²) in [5.41, 5.74) is 1.66. The molecule has 27 heavy (non-hydrogen) atoms. The molecule has 2 amide bonds. The van der Waals surface area contributed by atoms with Gasteiger partial charge in [-0.25, -0.2) is 4.79 Å². The molecule has 1 atom stereocenters. The Balaban J connectivity index is 1.75. The van der Waals surface area contributed by atoms with Crippen LogP contribution < -0.4 is 15.4 Å². The van der Waals surface area contributed by atoms with E-state index in [0.717, 1.165) is 11.3 Å². The summed E-state index contributed by atoms with van der Waals surface area (Å²) < 4.78 is 42.4. The lowest BCUT2D eigenvalue weighted by molar-refractivity contribution is -0.160. The number of ether oxygens (including phenoxy) is 1. The highest BCUT2D eigenvalue weighted by atomic mass is 19.4. The van der Waals surface area contributed by atoms with Crippen molar-refractivity contribution in [2.45, 2.75) is 44.3 Å². The molecular formula is C17H19F3N2O5. The molecule has 10 heteroatoms. The number of aliphatic carboxylic acids is 1. The average Bonchev–Trinajstić information content (AvgIpc) is 2.57. The fourth-order valence-electron chi connectivity index (χ4n) is 2.57. The van der Waals surface area contributed by atoms with E-state index in [4.69, 9.17) is 9.84 Å². The minimum absolute atomic E-state index is 0.0487. The molecule has 7 nitrogen and oxygen atoms in total. The molecule has 3 N–H and O–H groups in total. The average molecular weight is 388 g/mol. The molecule has 1 aromatic carbocycles. The number of aryl methyl sites for hydroxylation is 1. The summed E-state index contributed by atoms with van der Waals surface area (Å²) in [5.74, 6) is -2.03. The van der Waals surface area contributed by atoms with Crippen LogP contribution in [0.15, 0.2) is 18.2 Å². The van der Waals surface area contributed by atoms with Crippen LogP contribution >= 0.6 is 0 Å². The highest BCUT2D eigenvalue weighted by Crippen LogP contribution is 2.27. The number of hydrogen-bond donors (Lipinski definition) is 3. The van der Waals surface area contributed by atoms with E-state index >= 15 is 0 Å². The Labute approximate surface area is 152 Å². The van der Waals surface area contributed by atoms with E-state index in [-0.39, 0.29) is 25.4 Å². The van der Waals surface area contributed by atoms with E-state index in [1.165, 1.54) is 0 Å². The minimum Gasteiger partial charge on any atom is -0.494 e. The van der Waals surface area contributed by atoms with Gasteiger partial charge < -0.3 is 20.5 Å². The van der Waals surface area contributed by atoms with Crippen molar-refractivity contribution in [2.24, 2.45) is 0 Å². The first-order chi connectivity index (χ1) is 12.6. The van der Waals surface area contributed by atoms with Crippen molar-refractivity contribution in [3.05, 3.63) is 23.8 Å². The van der Waals surface area contributed by atoms with Gasteiger partial charge in [0.1, 0.15) is 11.8 Å². The van der Waals surface area contributed by atoms with Gasteiger partial charge in [-0.3, -0.25) is 9.59 Å². The van der Waals surface area contributed by atoms with Crippen molar-refractivity contribution in [1.82, 2.24) is 5.32 Å². The summed E-state index contributed by atoms with van der Waals surface area (Å²) in [7, 11) is 0. The first-order valence-electron chi connectivity index (χ1n) is 8.28. The smallest absolute Gasteiger partial charge is 0.391 e.